The number of halogens is 1. The van der Waals surface area contributed by atoms with E-state index >= 15 is 0 Å². The van der Waals surface area contributed by atoms with Gasteiger partial charge in [0.1, 0.15) is 0 Å². The molecule has 0 saturated heterocycles. The van der Waals surface area contributed by atoms with E-state index < -0.39 is 6.04 Å². The van der Waals surface area contributed by atoms with Gasteiger partial charge in [-0.25, -0.2) is 0 Å². The molecule has 2 aromatic rings. The highest BCUT2D eigenvalue weighted by molar-refractivity contribution is 6.33. The number of nitrogens with one attached hydrogen (secondary N) is 2. The molecule has 0 saturated carbocycles. The molecule has 0 aromatic heterocycles. The monoisotopic (exact) mass is 340 g/mol. The van der Waals surface area contributed by atoms with Gasteiger partial charge in [0, 0.05) is 0 Å². The molecule has 2 amide bonds. The topological polar surface area (TPSA) is 58.2 Å². The Labute approximate surface area is 146 Å². The standard InChI is InChI=1S/C19H17ClN2O2/c1-2-12-21-18(23)13-17(14-8-4-3-5-9-14)22-19(24)15-10-6-7-11-16(15)20/h1,3-11,17H,12-13H2,(H,21,23)(H,22,24). The molecule has 24 heavy (non-hydrogen) atoms. The second-order valence-corrected chi connectivity index (χ2v) is 5.51. The molecule has 1 atom stereocenters. The predicted octanol–water partition coefficient (Wildman–Crippen LogP) is 2.95. The van der Waals surface area contributed by atoms with E-state index in [-0.39, 0.29) is 24.8 Å². The Kier molecular flexibility index (Phi) is 6.41. The van der Waals surface area contributed by atoms with Crippen LogP contribution in [0.25, 0.3) is 0 Å². The van der Waals surface area contributed by atoms with Crippen LogP contribution in [0, 0.1) is 12.3 Å². The molecule has 0 aliphatic heterocycles. The number of amides is 2. The predicted molar refractivity (Wildman–Crippen MR) is 94.6 cm³/mol. The largest absolute Gasteiger partial charge is 0.345 e. The van der Waals surface area contributed by atoms with Crippen molar-refractivity contribution in [1.82, 2.24) is 10.6 Å². The maximum atomic E-state index is 12.5. The van der Waals surface area contributed by atoms with E-state index in [2.05, 4.69) is 16.6 Å². The van der Waals surface area contributed by atoms with Gasteiger partial charge in [-0.15, -0.1) is 6.42 Å². The average molecular weight is 341 g/mol. The van der Waals surface area contributed by atoms with E-state index in [9.17, 15) is 9.59 Å². The van der Waals surface area contributed by atoms with Crippen LogP contribution in [0.5, 0.6) is 0 Å². The minimum Gasteiger partial charge on any atom is -0.345 e. The first-order valence-electron chi connectivity index (χ1n) is 7.42. The lowest BCUT2D eigenvalue weighted by atomic mass is 10.0. The molecule has 122 valence electrons. The summed E-state index contributed by atoms with van der Waals surface area (Å²) in [6.45, 7) is 0.152. The van der Waals surface area contributed by atoms with Gasteiger partial charge in [0.25, 0.3) is 5.91 Å². The summed E-state index contributed by atoms with van der Waals surface area (Å²) in [6, 6.07) is 15.6. The Morgan fingerprint density at radius 1 is 1.08 bits per heavy atom. The van der Waals surface area contributed by atoms with Crippen LogP contribution in [0.3, 0.4) is 0 Å². The first-order chi connectivity index (χ1) is 11.6. The number of hydrogen-bond acceptors (Lipinski definition) is 2. The van der Waals surface area contributed by atoms with Crippen LogP contribution in [0.15, 0.2) is 54.6 Å². The van der Waals surface area contributed by atoms with E-state index in [1.54, 1.807) is 24.3 Å². The molecule has 0 aliphatic carbocycles. The van der Waals surface area contributed by atoms with Crippen LogP contribution in [-0.2, 0) is 4.79 Å². The van der Waals surface area contributed by atoms with Crippen molar-refractivity contribution in [3.63, 3.8) is 0 Å². The highest BCUT2D eigenvalue weighted by Crippen LogP contribution is 2.20. The van der Waals surface area contributed by atoms with Gasteiger partial charge in [-0.1, -0.05) is 60.0 Å². The number of carbonyl (C=O) groups excluding carboxylic acids is 2. The quantitative estimate of drug-likeness (QED) is 0.794. The normalized spacial score (nSPS) is 11.2. The second-order valence-electron chi connectivity index (χ2n) is 5.10. The maximum absolute atomic E-state index is 12.5. The molecule has 0 fully saturated rings. The molecule has 2 rings (SSSR count). The van der Waals surface area contributed by atoms with Gasteiger partial charge in [-0.3, -0.25) is 9.59 Å². The van der Waals surface area contributed by atoms with Gasteiger partial charge < -0.3 is 10.6 Å². The highest BCUT2D eigenvalue weighted by Gasteiger charge is 2.20. The van der Waals surface area contributed by atoms with Crippen LogP contribution in [-0.4, -0.2) is 18.4 Å². The van der Waals surface area contributed by atoms with E-state index in [0.717, 1.165) is 5.56 Å². The van der Waals surface area contributed by atoms with Gasteiger partial charge in [0.05, 0.1) is 29.6 Å². The van der Waals surface area contributed by atoms with Crippen molar-refractivity contribution in [3.8, 4) is 12.3 Å². The molecule has 2 aromatic carbocycles. The van der Waals surface area contributed by atoms with Gasteiger partial charge in [-0.2, -0.15) is 0 Å². The Hall–Kier alpha value is -2.77. The second kappa shape index (κ2) is 8.76. The van der Waals surface area contributed by atoms with Crippen molar-refractivity contribution in [2.24, 2.45) is 0 Å². The Morgan fingerprint density at radius 3 is 2.42 bits per heavy atom. The van der Waals surface area contributed by atoms with Crippen molar-refractivity contribution >= 4 is 23.4 Å². The lowest BCUT2D eigenvalue weighted by Gasteiger charge is -2.19. The van der Waals surface area contributed by atoms with Crippen molar-refractivity contribution < 1.29 is 9.59 Å². The van der Waals surface area contributed by atoms with Crippen molar-refractivity contribution in [2.75, 3.05) is 6.54 Å². The minimum absolute atomic E-state index is 0.0852. The summed E-state index contributed by atoms with van der Waals surface area (Å²) in [4.78, 5) is 24.5. The van der Waals surface area contributed by atoms with Gasteiger partial charge in [0.2, 0.25) is 5.91 Å². The van der Waals surface area contributed by atoms with Crippen LogP contribution in [0.2, 0.25) is 5.02 Å². The number of rotatable bonds is 6. The number of hydrogen-bond donors (Lipinski definition) is 2. The lowest BCUT2D eigenvalue weighted by molar-refractivity contribution is -0.121. The fraction of sp³-hybridized carbons (Fsp3) is 0.158. The molecule has 5 heteroatoms. The number of carbonyl (C=O) groups is 2. The molecule has 2 N–H and O–H groups in total. The fourth-order valence-corrected chi connectivity index (χ4v) is 2.45. The fourth-order valence-electron chi connectivity index (χ4n) is 2.23. The Balaban J connectivity index is 2.17. The van der Waals surface area contributed by atoms with E-state index in [0.29, 0.717) is 10.6 Å². The smallest absolute Gasteiger partial charge is 0.253 e. The van der Waals surface area contributed by atoms with Crippen molar-refractivity contribution in [1.29, 1.82) is 0 Å². The van der Waals surface area contributed by atoms with Gasteiger partial charge in [-0.05, 0) is 17.7 Å². The third kappa shape index (κ3) is 4.87. The van der Waals surface area contributed by atoms with Gasteiger partial charge in [0.15, 0.2) is 0 Å². The summed E-state index contributed by atoms with van der Waals surface area (Å²) in [6.07, 6.45) is 5.23. The summed E-state index contributed by atoms with van der Waals surface area (Å²) >= 11 is 6.06. The third-order valence-corrected chi connectivity index (χ3v) is 3.73. The first-order valence-corrected chi connectivity index (χ1v) is 7.80. The summed E-state index contributed by atoms with van der Waals surface area (Å²) in [7, 11) is 0. The molecule has 0 spiro atoms. The van der Waals surface area contributed by atoms with Crippen LogP contribution >= 0.6 is 11.6 Å². The van der Waals surface area contributed by atoms with E-state index in [4.69, 9.17) is 18.0 Å². The number of terminal acetylenes is 1. The molecule has 1 unspecified atom stereocenters. The number of benzene rings is 2. The molecule has 0 aliphatic rings. The first kappa shape index (κ1) is 17.6. The van der Waals surface area contributed by atoms with Crippen molar-refractivity contribution in [2.45, 2.75) is 12.5 Å². The van der Waals surface area contributed by atoms with Crippen LogP contribution < -0.4 is 10.6 Å². The molecule has 0 heterocycles. The molecule has 4 nitrogen and oxygen atoms in total. The minimum atomic E-state index is -0.479. The zero-order chi connectivity index (χ0) is 17.4. The summed E-state index contributed by atoms with van der Waals surface area (Å²) in [5, 5.41) is 5.83. The lowest BCUT2D eigenvalue weighted by Crippen LogP contribution is -2.34. The SMILES string of the molecule is C#CCNC(=O)CC(NC(=O)c1ccccc1Cl)c1ccccc1. The molecular formula is C19H17ClN2O2. The summed E-state index contributed by atoms with van der Waals surface area (Å²) in [5.74, 6) is 1.78. The van der Waals surface area contributed by atoms with Crippen molar-refractivity contribution in [3.05, 3.63) is 70.7 Å². The summed E-state index contributed by atoms with van der Waals surface area (Å²) < 4.78 is 0. The Bertz CT molecular complexity index is 753. The zero-order valence-corrected chi connectivity index (χ0v) is 13.7. The molecule has 0 radical (unpaired) electrons. The van der Waals surface area contributed by atoms with E-state index in [1.807, 2.05) is 30.3 Å². The van der Waals surface area contributed by atoms with Gasteiger partial charge >= 0.3 is 0 Å². The molecular weight excluding hydrogens is 324 g/mol. The zero-order valence-electron chi connectivity index (χ0n) is 13.0. The third-order valence-electron chi connectivity index (χ3n) is 3.40. The van der Waals surface area contributed by atoms with Crippen LogP contribution in [0.1, 0.15) is 28.4 Å². The average Bonchev–Trinajstić information content (AvgIpc) is 2.60. The summed E-state index contributed by atoms with van der Waals surface area (Å²) in [5.41, 5.74) is 1.19. The maximum Gasteiger partial charge on any atom is 0.253 e. The van der Waals surface area contributed by atoms with E-state index in [1.165, 1.54) is 0 Å². The van der Waals surface area contributed by atoms with Crippen LogP contribution in [0.4, 0.5) is 0 Å². The highest BCUT2D eigenvalue weighted by atomic mass is 35.5. The Morgan fingerprint density at radius 2 is 1.75 bits per heavy atom. The molecule has 0 bridgehead atoms.